The van der Waals surface area contributed by atoms with Crippen LogP contribution in [0.15, 0.2) is 18.2 Å². The van der Waals surface area contributed by atoms with E-state index in [1.807, 2.05) is 7.05 Å². The van der Waals surface area contributed by atoms with Crippen LogP contribution in [0, 0.1) is 6.92 Å². The van der Waals surface area contributed by atoms with Crippen molar-refractivity contribution < 1.29 is 0 Å². The van der Waals surface area contributed by atoms with E-state index in [1.54, 1.807) is 0 Å². The van der Waals surface area contributed by atoms with E-state index in [-0.39, 0.29) is 5.41 Å². The minimum absolute atomic E-state index is 0.213. The molecule has 2 N–H and O–H groups in total. The first-order valence-corrected chi connectivity index (χ1v) is 5.38. The first-order valence-electron chi connectivity index (χ1n) is 5.38. The number of benzene rings is 1. The van der Waals surface area contributed by atoms with Gasteiger partial charge < -0.3 is 10.6 Å². The van der Waals surface area contributed by atoms with Crippen LogP contribution in [-0.2, 0) is 5.41 Å². The first-order chi connectivity index (χ1) is 6.86. The molecule has 0 fully saturated rings. The molecule has 2 nitrogen and oxygen atoms in total. The summed E-state index contributed by atoms with van der Waals surface area (Å²) in [4.78, 5) is 2.06. The third-order valence-electron chi connectivity index (χ3n) is 2.75. The van der Waals surface area contributed by atoms with Gasteiger partial charge in [-0.25, -0.2) is 0 Å². The van der Waals surface area contributed by atoms with E-state index in [0.717, 1.165) is 0 Å². The number of hydrogen-bond donors (Lipinski definition) is 1. The smallest absolute Gasteiger partial charge is 0.0653 e. The average Bonchev–Trinajstić information content (AvgIpc) is 2.15. The van der Waals surface area contributed by atoms with E-state index in [4.69, 9.17) is 5.73 Å². The molecule has 0 aliphatic carbocycles. The summed E-state index contributed by atoms with van der Waals surface area (Å²) in [6, 6.07) is 6.60. The second-order valence-corrected chi connectivity index (χ2v) is 5.13. The summed E-state index contributed by atoms with van der Waals surface area (Å²) in [5, 5.41) is 0. The molecule has 15 heavy (non-hydrogen) atoms. The van der Waals surface area contributed by atoms with Crippen LogP contribution >= 0.6 is 0 Å². The van der Waals surface area contributed by atoms with Crippen molar-refractivity contribution in [3.8, 4) is 0 Å². The summed E-state index contributed by atoms with van der Waals surface area (Å²) in [6.07, 6.45) is 0. The molecule has 0 atom stereocenters. The average molecular weight is 206 g/mol. The van der Waals surface area contributed by atoms with Gasteiger partial charge >= 0.3 is 0 Å². The SMILES string of the molecule is Cc1cc(C(C)(C)C)ccc1N(C)CN. The normalized spacial score (nSPS) is 11.6. The second kappa shape index (κ2) is 4.23. The molecule has 0 unspecified atom stereocenters. The Morgan fingerprint density at radius 1 is 1.27 bits per heavy atom. The fourth-order valence-corrected chi connectivity index (χ4v) is 1.65. The maximum absolute atomic E-state index is 5.62. The van der Waals surface area contributed by atoms with Crippen LogP contribution in [0.3, 0.4) is 0 Å². The molecule has 0 heterocycles. The number of nitrogens with two attached hydrogens (primary N) is 1. The molecule has 0 radical (unpaired) electrons. The molecular weight excluding hydrogens is 184 g/mol. The van der Waals surface area contributed by atoms with Gasteiger partial charge in [0.2, 0.25) is 0 Å². The van der Waals surface area contributed by atoms with Crippen molar-refractivity contribution in [1.29, 1.82) is 0 Å². The number of anilines is 1. The van der Waals surface area contributed by atoms with Gasteiger partial charge in [0.05, 0.1) is 6.67 Å². The van der Waals surface area contributed by atoms with Crippen LogP contribution in [0.1, 0.15) is 31.9 Å². The Balaban J connectivity index is 3.09. The zero-order valence-corrected chi connectivity index (χ0v) is 10.5. The number of nitrogens with zero attached hydrogens (tertiary/aromatic N) is 1. The van der Waals surface area contributed by atoms with Crippen molar-refractivity contribution >= 4 is 5.69 Å². The fraction of sp³-hybridized carbons (Fsp3) is 0.538. The Kier molecular flexibility index (Phi) is 3.40. The number of hydrogen-bond acceptors (Lipinski definition) is 2. The molecule has 0 spiro atoms. The van der Waals surface area contributed by atoms with Gasteiger partial charge in [-0.05, 0) is 29.5 Å². The molecule has 0 aromatic heterocycles. The molecule has 84 valence electrons. The molecule has 0 saturated carbocycles. The summed E-state index contributed by atoms with van der Waals surface area (Å²) < 4.78 is 0. The van der Waals surface area contributed by atoms with E-state index in [0.29, 0.717) is 6.67 Å². The van der Waals surface area contributed by atoms with Gasteiger partial charge in [-0.15, -0.1) is 0 Å². The van der Waals surface area contributed by atoms with E-state index in [9.17, 15) is 0 Å². The van der Waals surface area contributed by atoms with Gasteiger partial charge in [0, 0.05) is 12.7 Å². The Bertz CT molecular complexity index is 337. The van der Waals surface area contributed by atoms with Crippen molar-refractivity contribution in [3.63, 3.8) is 0 Å². The summed E-state index contributed by atoms with van der Waals surface area (Å²) >= 11 is 0. The Hall–Kier alpha value is -1.02. The minimum atomic E-state index is 0.213. The predicted molar refractivity (Wildman–Crippen MR) is 67.3 cm³/mol. The lowest BCUT2D eigenvalue weighted by Gasteiger charge is -2.24. The highest BCUT2D eigenvalue weighted by Gasteiger charge is 2.14. The van der Waals surface area contributed by atoms with Crippen LogP contribution in [0.2, 0.25) is 0 Å². The largest absolute Gasteiger partial charge is 0.362 e. The molecule has 2 heteroatoms. The fourth-order valence-electron chi connectivity index (χ4n) is 1.65. The third kappa shape index (κ3) is 2.72. The van der Waals surface area contributed by atoms with E-state index >= 15 is 0 Å². The Labute approximate surface area is 93.1 Å². The monoisotopic (exact) mass is 206 g/mol. The second-order valence-electron chi connectivity index (χ2n) is 5.13. The zero-order valence-electron chi connectivity index (χ0n) is 10.5. The summed E-state index contributed by atoms with van der Waals surface area (Å²) in [5.41, 5.74) is 9.71. The number of aryl methyl sites for hydroxylation is 1. The highest BCUT2D eigenvalue weighted by atomic mass is 15.1. The maximum atomic E-state index is 5.62. The standard InChI is InChI=1S/C13H22N2/c1-10-8-11(13(2,3)4)6-7-12(10)15(5)9-14/h6-8H,9,14H2,1-5H3. The van der Waals surface area contributed by atoms with Gasteiger partial charge in [0.1, 0.15) is 0 Å². The number of rotatable bonds is 2. The van der Waals surface area contributed by atoms with E-state index in [1.165, 1.54) is 16.8 Å². The molecule has 1 rings (SSSR count). The van der Waals surface area contributed by atoms with Crippen molar-refractivity contribution in [1.82, 2.24) is 0 Å². The Morgan fingerprint density at radius 2 is 1.87 bits per heavy atom. The molecule has 0 aliphatic rings. The topological polar surface area (TPSA) is 29.3 Å². The van der Waals surface area contributed by atoms with E-state index < -0.39 is 0 Å². The lowest BCUT2D eigenvalue weighted by atomic mass is 9.86. The molecule has 0 saturated heterocycles. The Morgan fingerprint density at radius 3 is 2.27 bits per heavy atom. The molecule has 1 aromatic carbocycles. The highest BCUT2D eigenvalue weighted by molar-refractivity contribution is 5.54. The quantitative estimate of drug-likeness (QED) is 0.754. The van der Waals surface area contributed by atoms with Crippen molar-refractivity contribution in [2.24, 2.45) is 5.73 Å². The lowest BCUT2D eigenvalue weighted by Crippen LogP contribution is -2.26. The zero-order chi connectivity index (χ0) is 11.6. The van der Waals surface area contributed by atoms with Crippen LogP contribution < -0.4 is 10.6 Å². The maximum Gasteiger partial charge on any atom is 0.0653 e. The highest BCUT2D eigenvalue weighted by Crippen LogP contribution is 2.27. The first kappa shape index (κ1) is 12.1. The molecule has 0 amide bonds. The predicted octanol–water partition coefficient (Wildman–Crippen LogP) is 2.64. The van der Waals surface area contributed by atoms with Gasteiger partial charge in [0.25, 0.3) is 0 Å². The molecule has 1 aromatic rings. The van der Waals surface area contributed by atoms with Gasteiger partial charge in [-0.2, -0.15) is 0 Å². The molecular formula is C13H22N2. The van der Waals surface area contributed by atoms with Crippen LogP contribution in [0.4, 0.5) is 5.69 Å². The minimum Gasteiger partial charge on any atom is -0.362 e. The van der Waals surface area contributed by atoms with Gasteiger partial charge in [0.15, 0.2) is 0 Å². The van der Waals surface area contributed by atoms with Crippen molar-refractivity contribution in [2.45, 2.75) is 33.1 Å². The van der Waals surface area contributed by atoms with E-state index in [2.05, 4.69) is 50.8 Å². The van der Waals surface area contributed by atoms with Gasteiger partial charge in [-0.3, -0.25) is 0 Å². The summed E-state index contributed by atoms with van der Waals surface area (Å²) in [6.45, 7) is 9.38. The van der Waals surface area contributed by atoms with Crippen LogP contribution in [0.5, 0.6) is 0 Å². The summed E-state index contributed by atoms with van der Waals surface area (Å²) in [7, 11) is 2.01. The lowest BCUT2D eigenvalue weighted by molar-refractivity contribution is 0.589. The summed E-state index contributed by atoms with van der Waals surface area (Å²) in [5.74, 6) is 0. The molecule has 0 bridgehead atoms. The van der Waals surface area contributed by atoms with Crippen LogP contribution in [-0.4, -0.2) is 13.7 Å². The van der Waals surface area contributed by atoms with Crippen molar-refractivity contribution in [3.05, 3.63) is 29.3 Å². The van der Waals surface area contributed by atoms with Crippen molar-refractivity contribution in [2.75, 3.05) is 18.6 Å². The third-order valence-corrected chi connectivity index (χ3v) is 2.75. The van der Waals surface area contributed by atoms with Crippen LogP contribution in [0.25, 0.3) is 0 Å². The molecule has 0 aliphatic heterocycles. The van der Waals surface area contributed by atoms with Gasteiger partial charge in [-0.1, -0.05) is 32.9 Å².